The van der Waals surface area contributed by atoms with Crippen LogP contribution in [0.1, 0.15) is 11.1 Å². The van der Waals surface area contributed by atoms with Crippen molar-refractivity contribution in [1.29, 1.82) is 0 Å². The average Bonchev–Trinajstić information content (AvgIpc) is 2.38. The Balaban J connectivity index is 2.22. The molecule has 0 radical (unpaired) electrons. The molecule has 0 saturated carbocycles. The van der Waals surface area contributed by atoms with Crippen molar-refractivity contribution in [3.8, 4) is 0 Å². The molecule has 0 unspecified atom stereocenters. The number of rotatable bonds is 3. The molecule has 102 valence electrons. The molecule has 0 heterocycles. The van der Waals surface area contributed by atoms with Crippen LogP contribution in [0.5, 0.6) is 0 Å². The first kappa shape index (κ1) is 14.1. The summed E-state index contributed by atoms with van der Waals surface area (Å²) in [7, 11) is 0. The summed E-state index contributed by atoms with van der Waals surface area (Å²) in [6, 6.07) is 10.5. The highest BCUT2D eigenvalue weighted by Gasteiger charge is 2.12. The van der Waals surface area contributed by atoms with E-state index in [0.717, 1.165) is 0 Å². The van der Waals surface area contributed by atoms with Crippen LogP contribution in [0.4, 0.5) is 15.8 Å². The van der Waals surface area contributed by atoms with Gasteiger partial charge in [0, 0.05) is 22.9 Å². The van der Waals surface area contributed by atoms with Crippen LogP contribution in [-0.2, 0) is 0 Å². The van der Waals surface area contributed by atoms with Crippen molar-refractivity contribution in [2.45, 2.75) is 6.92 Å². The third-order valence-corrected chi connectivity index (χ3v) is 3.08. The minimum atomic E-state index is -0.442. The normalized spacial score (nSPS) is 10.1. The van der Waals surface area contributed by atoms with Crippen LogP contribution in [0.15, 0.2) is 42.5 Å². The Morgan fingerprint density at radius 1 is 1.30 bits per heavy atom. The highest BCUT2D eigenvalue weighted by molar-refractivity contribution is 7.81. The number of nitrogens with zero attached hydrogens (tertiary/aromatic N) is 1. The predicted molar refractivity (Wildman–Crippen MR) is 79.6 cm³/mol. The van der Waals surface area contributed by atoms with Gasteiger partial charge in [-0.2, -0.15) is 0 Å². The summed E-state index contributed by atoms with van der Waals surface area (Å²) in [5.74, 6) is -0.363. The van der Waals surface area contributed by atoms with E-state index in [1.165, 1.54) is 18.2 Å². The van der Waals surface area contributed by atoms with Gasteiger partial charge >= 0.3 is 0 Å². The number of hydrogen-bond donors (Lipinski definition) is 1. The van der Waals surface area contributed by atoms with Gasteiger partial charge in [0.25, 0.3) is 5.69 Å². The maximum Gasteiger partial charge on any atom is 0.272 e. The molecule has 0 spiro atoms. The molecule has 1 N–H and O–H groups in total. The lowest BCUT2D eigenvalue weighted by Crippen LogP contribution is -2.11. The molecule has 0 amide bonds. The molecule has 0 aliphatic carbocycles. The zero-order valence-electron chi connectivity index (χ0n) is 10.6. The first-order valence-electron chi connectivity index (χ1n) is 5.79. The van der Waals surface area contributed by atoms with E-state index >= 15 is 0 Å². The largest absolute Gasteiger partial charge is 0.346 e. The summed E-state index contributed by atoms with van der Waals surface area (Å²) in [4.78, 5) is 10.7. The van der Waals surface area contributed by atoms with Gasteiger partial charge in [0.1, 0.15) is 10.8 Å². The number of nitro benzene ring substituents is 1. The molecule has 0 aliphatic heterocycles. The fraction of sp³-hybridized carbons (Fsp3) is 0.0714. The van der Waals surface area contributed by atoms with E-state index in [4.69, 9.17) is 12.2 Å². The molecule has 2 rings (SSSR count). The Morgan fingerprint density at radius 3 is 2.65 bits per heavy atom. The van der Waals surface area contributed by atoms with Gasteiger partial charge in [-0.1, -0.05) is 18.3 Å². The van der Waals surface area contributed by atoms with Gasteiger partial charge in [0.05, 0.1) is 4.92 Å². The number of anilines is 1. The Kier molecular flexibility index (Phi) is 4.05. The number of nitrogens with one attached hydrogen (secondary N) is 1. The SMILES string of the molecule is Cc1cc(C(=S)Nc2cccc(F)c2)ccc1[N+](=O)[O-]. The minimum Gasteiger partial charge on any atom is -0.346 e. The van der Waals surface area contributed by atoms with E-state index in [0.29, 0.717) is 21.8 Å². The van der Waals surface area contributed by atoms with Crippen LogP contribution in [-0.4, -0.2) is 9.91 Å². The number of halogens is 1. The summed E-state index contributed by atoms with van der Waals surface area (Å²) in [6.07, 6.45) is 0. The molecular formula is C14H11FN2O2S. The summed E-state index contributed by atoms with van der Waals surface area (Å²) in [5, 5.41) is 13.6. The highest BCUT2D eigenvalue weighted by Crippen LogP contribution is 2.20. The molecule has 4 nitrogen and oxygen atoms in total. The third-order valence-electron chi connectivity index (χ3n) is 2.74. The standard InChI is InChI=1S/C14H11FN2O2S/c1-9-7-10(5-6-13(9)17(18)19)14(20)16-12-4-2-3-11(15)8-12/h2-8H,1H3,(H,16,20). The van der Waals surface area contributed by atoms with Gasteiger partial charge < -0.3 is 5.32 Å². The number of thiocarbonyl (C=S) groups is 1. The number of benzene rings is 2. The van der Waals surface area contributed by atoms with Crippen LogP contribution >= 0.6 is 12.2 Å². The van der Waals surface area contributed by atoms with Crippen molar-refractivity contribution in [3.63, 3.8) is 0 Å². The summed E-state index contributed by atoms with van der Waals surface area (Å²) < 4.78 is 13.1. The van der Waals surface area contributed by atoms with E-state index in [1.54, 1.807) is 31.2 Å². The van der Waals surface area contributed by atoms with E-state index < -0.39 is 4.92 Å². The van der Waals surface area contributed by atoms with Crippen molar-refractivity contribution < 1.29 is 9.31 Å². The van der Waals surface area contributed by atoms with Gasteiger partial charge in [-0.15, -0.1) is 0 Å². The Hall–Kier alpha value is -2.34. The molecule has 0 bridgehead atoms. The molecule has 2 aromatic carbocycles. The second-order valence-electron chi connectivity index (χ2n) is 4.22. The fourth-order valence-corrected chi connectivity index (χ4v) is 2.02. The molecule has 0 aromatic heterocycles. The Labute approximate surface area is 120 Å². The van der Waals surface area contributed by atoms with E-state index in [9.17, 15) is 14.5 Å². The monoisotopic (exact) mass is 290 g/mol. The van der Waals surface area contributed by atoms with Crippen LogP contribution in [0.25, 0.3) is 0 Å². The molecule has 2 aromatic rings. The molecule has 6 heteroatoms. The second-order valence-corrected chi connectivity index (χ2v) is 4.63. The average molecular weight is 290 g/mol. The zero-order chi connectivity index (χ0) is 14.7. The molecular weight excluding hydrogens is 279 g/mol. The second kappa shape index (κ2) is 5.75. The van der Waals surface area contributed by atoms with Gasteiger partial charge in [-0.3, -0.25) is 10.1 Å². The van der Waals surface area contributed by atoms with Gasteiger partial charge in [-0.05, 0) is 37.3 Å². The van der Waals surface area contributed by atoms with Crippen LogP contribution in [0, 0.1) is 22.9 Å². The Morgan fingerprint density at radius 2 is 2.05 bits per heavy atom. The lowest BCUT2D eigenvalue weighted by molar-refractivity contribution is -0.385. The van der Waals surface area contributed by atoms with E-state index in [1.807, 2.05) is 0 Å². The van der Waals surface area contributed by atoms with Gasteiger partial charge in [-0.25, -0.2) is 4.39 Å². The maximum absolute atomic E-state index is 13.1. The number of aryl methyl sites for hydroxylation is 1. The van der Waals surface area contributed by atoms with E-state index in [2.05, 4.69) is 5.32 Å². The first-order valence-corrected chi connectivity index (χ1v) is 6.20. The van der Waals surface area contributed by atoms with Crippen LogP contribution in [0.3, 0.4) is 0 Å². The lowest BCUT2D eigenvalue weighted by Gasteiger charge is -2.09. The predicted octanol–water partition coefficient (Wildman–Crippen LogP) is 3.83. The summed E-state index contributed by atoms with van der Waals surface area (Å²) in [6.45, 7) is 1.65. The molecule has 0 aliphatic rings. The van der Waals surface area contributed by atoms with Crippen molar-refractivity contribution in [2.75, 3.05) is 5.32 Å². The van der Waals surface area contributed by atoms with Gasteiger partial charge in [0.2, 0.25) is 0 Å². The van der Waals surface area contributed by atoms with Crippen molar-refractivity contribution in [3.05, 3.63) is 69.5 Å². The van der Waals surface area contributed by atoms with Gasteiger partial charge in [0.15, 0.2) is 0 Å². The van der Waals surface area contributed by atoms with Crippen molar-refractivity contribution >= 4 is 28.6 Å². The van der Waals surface area contributed by atoms with E-state index in [-0.39, 0.29) is 11.5 Å². The topological polar surface area (TPSA) is 55.2 Å². The lowest BCUT2D eigenvalue weighted by atomic mass is 10.1. The molecule has 0 fully saturated rings. The van der Waals surface area contributed by atoms with Crippen LogP contribution < -0.4 is 5.32 Å². The minimum absolute atomic E-state index is 0.0438. The summed E-state index contributed by atoms with van der Waals surface area (Å²) in [5.41, 5.74) is 1.75. The van der Waals surface area contributed by atoms with Crippen molar-refractivity contribution in [1.82, 2.24) is 0 Å². The Bertz CT molecular complexity index is 689. The fourth-order valence-electron chi connectivity index (χ4n) is 1.77. The maximum atomic E-state index is 13.1. The molecule has 0 saturated heterocycles. The summed E-state index contributed by atoms with van der Waals surface area (Å²) >= 11 is 5.21. The highest BCUT2D eigenvalue weighted by atomic mass is 32.1. The molecule has 0 atom stereocenters. The quantitative estimate of drug-likeness (QED) is 0.530. The van der Waals surface area contributed by atoms with Crippen LogP contribution in [0.2, 0.25) is 0 Å². The van der Waals surface area contributed by atoms with Crippen molar-refractivity contribution in [2.24, 2.45) is 0 Å². The zero-order valence-corrected chi connectivity index (χ0v) is 11.4. The number of hydrogen-bond acceptors (Lipinski definition) is 3. The third kappa shape index (κ3) is 3.16. The molecule has 20 heavy (non-hydrogen) atoms. The first-order chi connectivity index (χ1) is 9.47. The number of nitro groups is 1. The smallest absolute Gasteiger partial charge is 0.272 e.